The highest BCUT2D eigenvalue weighted by Gasteiger charge is 2.30. The minimum Gasteiger partial charge on any atom is -0.391 e. The molecule has 1 aliphatic rings. The van der Waals surface area contributed by atoms with Gasteiger partial charge < -0.3 is 15.0 Å². The Labute approximate surface area is 110 Å². The van der Waals surface area contributed by atoms with E-state index < -0.39 is 11.0 Å². The Morgan fingerprint density at radius 1 is 1.68 bits per heavy atom. The third-order valence-electron chi connectivity index (χ3n) is 3.19. The van der Waals surface area contributed by atoms with E-state index in [1.54, 1.807) is 4.57 Å². The van der Waals surface area contributed by atoms with Crippen molar-refractivity contribution in [3.05, 3.63) is 28.1 Å². The van der Waals surface area contributed by atoms with Crippen molar-refractivity contribution in [1.29, 1.82) is 0 Å². The van der Waals surface area contributed by atoms with E-state index in [0.29, 0.717) is 6.42 Å². The van der Waals surface area contributed by atoms with Gasteiger partial charge in [0.25, 0.3) is 11.6 Å². The average Bonchev–Trinajstić information content (AvgIpc) is 3.13. The molecule has 7 nitrogen and oxygen atoms in total. The molecule has 1 fully saturated rings. The molecule has 0 saturated heterocycles. The van der Waals surface area contributed by atoms with E-state index in [9.17, 15) is 20.0 Å². The fraction of sp³-hybridized carbons (Fsp3) is 0.583. The fourth-order valence-electron chi connectivity index (χ4n) is 1.85. The summed E-state index contributed by atoms with van der Waals surface area (Å²) < 4.78 is 1.66. The molecule has 1 aliphatic carbocycles. The second kappa shape index (κ2) is 5.40. The molecule has 0 radical (unpaired) electrons. The maximum absolute atomic E-state index is 12.0. The highest BCUT2D eigenvalue weighted by atomic mass is 16.6. The van der Waals surface area contributed by atoms with Gasteiger partial charge in [-0.15, -0.1) is 0 Å². The summed E-state index contributed by atoms with van der Waals surface area (Å²) in [7, 11) is 0. The number of rotatable bonds is 6. The molecule has 104 valence electrons. The summed E-state index contributed by atoms with van der Waals surface area (Å²) in [6.45, 7) is 1.97. The van der Waals surface area contributed by atoms with Crippen molar-refractivity contribution in [2.75, 3.05) is 6.54 Å². The molecule has 0 bridgehead atoms. The zero-order chi connectivity index (χ0) is 14.0. The van der Waals surface area contributed by atoms with Gasteiger partial charge in [-0.05, 0) is 19.3 Å². The normalized spacial score (nSPS) is 16.1. The highest BCUT2D eigenvalue weighted by molar-refractivity contribution is 5.93. The van der Waals surface area contributed by atoms with Gasteiger partial charge in [-0.1, -0.05) is 6.92 Å². The number of aromatic nitrogens is 1. The van der Waals surface area contributed by atoms with Crippen molar-refractivity contribution < 1.29 is 14.8 Å². The van der Waals surface area contributed by atoms with Gasteiger partial charge in [0.1, 0.15) is 5.69 Å². The van der Waals surface area contributed by atoms with Crippen molar-refractivity contribution in [3.63, 3.8) is 0 Å². The van der Waals surface area contributed by atoms with E-state index in [2.05, 4.69) is 5.32 Å². The molecular weight excluding hydrogens is 250 g/mol. The van der Waals surface area contributed by atoms with Crippen molar-refractivity contribution in [3.8, 4) is 0 Å². The molecule has 0 aromatic carbocycles. The van der Waals surface area contributed by atoms with Crippen LogP contribution in [-0.2, 0) is 0 Å². The zero-order valence-corrected chi connectivity index (χ0v) is 10.7. The molecule has 1 aromatic rings. The molecule has 1 amide bonds. The van der Waals surface area contributed by atoms with Crippen LogP contribution in [0.4, 0.5) is 5.69 Å². The maximum Gasteiger partial charge on any atom is 0.287 e. The van der Waals surface area contributed by atoms with E-state index >= 15 is 0 Å². The Morgan fingerprint density at radius 2 is 2.37 bits per heavy atom. The van der Waals surface area contributed by atoms with E-state index in [0.717, 1.165) is 12.8 Å². The monoisotopic (exact) mass is 267 g/mol. The van der Waals surface area contributed by atoms with Crippen LogP contribution in [0.15, 0.2) is 12.3 Å². The predicted octanol–water partition coefficient (Wildman–Crippen LogP) is 1.23. The lowest BCUT2D eigenvalue weighted by Gasteiger charge is -2.10. The van der Waals surface area contributed by atoms with Gasteiger partial charge in [-0.25, -0.2) is 0 Å². The Kier molecular flexibility index (Phi) is 3.84. The highest BCUT2D eigenvalue weighted by Crippen LogP contribution is 2.37. The summed E-state index contributed by atoms with van der Waals surface area (Å²) in [5.41, 5.74) is 0.214. The second-order valence-electron chi connectivity index (χ2n) is 4.75. The molecule has 1 heterocycles. The summed E-state index contributed by atoms with van der Waals surface area (Å²) in [5, 5.41) is 22.8. The summed E-state index contributed by atoms with van der Waals surface area (Å²) in [6.07, 6.45) is 3.23. The number of nitrogens with one attached hydrogen (secondary N) is 1. The lowest BCUT2D eigenvalue weighted by Crippen LogP contribution is -2.32. The third kappa shape index (κ3) is 3.11. The SMILES string of the molecule is CCC(O)CNC(=O)c1cc([N+](=O)[O-])cn1C1CC1. The first-order valence-electron chi connectivity index (χ1n) is 6.35. The smallest absolute Gasteiger partial charge is 0.287 e. The van der Waals surface area contributed by atoms with Crippen molar-refractivity contribution in [2.45, 2.75) is 38.3 Å². The molecule has 2 N–H and O–H groups in total. The number of carbonyl (C=O) groups is 1. The van der Waals surface area contributed by atoms with Crippen LogP contribution in [0.5, 0.6) is 0 Å². The summed E-state index contributed by atoms with van der Waals surface area (Å²) in [4.78, 5) is 22.2. The van der Waals surface area contributed by atoms with E-state index in [1.807, 2.05) is 6.92 Å². The number of nitro groups is 1. The van der Waals surface area contributed by atoms with Crippen molar-refractivity contribution in [1.82, 2.24) is 9.88 Å². The molecular formula is C12H17N3O4. The molecule has 19 heavy (non-hydrogen) atoms. The lowest BCUT2D eigenvalue weighted by molar-refractivity contribution is -0.384. The maximum atomic E-state index is 12.0. The zero-order valence-electron chi connectivity index (χ0n) is 10.7. The first-order chi connectivity index (χ1) is 9.02. The van der Waals surface area contributed by atoms with E-state index in [4.69, 9.17) is 0 Å². The van der Waals surface area contributed by atoms with Gasteiger partial charge in [-0.2, -0.15) is 0 Å². The Bertz CT molecular complexity index is 493. The molecule has 1 atom stereocenters. The van der Waals surface area contributed by atoms with Gasteiger partial charge in [0.05, 0.1) is 17.2 Å². The second-order valence-corrected chi connectivity index (χ2v) is 4.75. The summed E-state index contributed by atoms with van der Waals surface area (Å²) in [6, 6.07) is 1.47. The van der Waals surface area contributed by atoms with Crippen LogP contribution in [0, 0.1) is 10.1 Å². The predicted molar refractivity (Wildman–Crippen MR) is 68.0 cm³/mol. The van der Waals surface area contributed by atoms with Gasteiger partial charge >= 0.3 is 0 Å². The molecule has 0 aliphatic heterocycles. The van der Waals surface area contributed by atoms with Crippen LogP contribution in [-0.4, -0.2) is 33.2 Å². The molecule has 0 spiro atoms. The minimum atomic E-state index is -0.594. The Balaban J connectivity index is 2.13. The molecule has 1 unspecified atom stereocenters. The minimum absolute atomic E-state index is 0.0758. The van der Waals surface area contributed by atoms with Crippen molar-refractivity contribution in [2.24, 2.45) is 0 Å². The van der Waals surface area contributed by atoms with Crippen LogP contribution in [0.2, 0.25) is 0 Å². The average molecular weight is 267 g/mol. The molecule has 1 aromatic heterocycles. The van der Waals surface area contributed by atoms with Crippen molar-refractivity contribution >= 4 is 11.6 Å². The van der Waals surface area contributed by atoms with Crippen LogP contribution in [0.1, 0.15) is 42.7 Å². The number of nitrogens with zero attached hydrogens (tertiary/aromatic N) is 2. The van der Waals surface area contributed by atoms with Crippen LogP contribution in [0.25, 0.3) is 0 Å². The van der Waals surface area contributed by atoms with Gasteiger partial charge in [0, 0.05) is 18.7 Å². The number of amides is 1. The number of hydrogen-bond donors (Lipinski definition) is 2. The third-order valence-corrected chi connectivity index (χ3v) is 3.19. The van der Waals surface area contributed by atoms with Crippen LogP contribution < -0.4 is 5.32 Å². The summed E-state index contributed by atoms with van der Waals surface area (Å²) in [5.74, 6) is -0.382. The van der Waals surface area contributed by atoms with Gasteiger partial charge in [-0.3, -0.25) is 14.9 Å². The van der Waals surface area contributed by atoms with E-state index in [1.165, 1.54) is 12.3 Å². The molecule has 1 saturated carbocycles. The van der Waals surface area contributed by atoms with E-state index in [-0.39, 0.29) is 29.9 Å². The fourth-order valence-corrected chi connectivity index (χ4v) is 1.85. The number of carbonyl (C=O) groups excluding carboxylic acids is 1. The largest absolute Gasteiger partial charge is 0.391 e. The quantitative estimate of drug-likeness (QED) is 0.598. The van der Waals surface area contributed by atoms with Crippen LogP contribution in [0.3, 0.4) is 0 Å². The molecule has 2 rings (SSSR count). The number of hydrogen-bond acceptors (Lipinski definition) is 4. The number of aliphatic hydroxyl groups excluding tert-OH is 1. The topological polar surface area (TPSA) is 97.4 Å². The van der Waals surface area contributed by atoms with Gasteiger partial charge in [0.15, 0.2) is 0 Å². The number of aliphatic hydroxyl groups is 1. The first kappa shape index (κ1) is 13.5. The summed E-state index contributed by atoms with van der Waals surface area (Å²) >= 11 is 0. The Morgan fingerprint density at radius 3 is 2.89 bits per heavy atom. The molecule has 7 heteroatoms. The Hall–Kier alpha value is -1.89. The lowest BCUT2D eigenvalue weighted by atomic mass is 10.2. The van der Waals surface area contributed by atoms with Gasteiger partial charge in [0.2, 0.25) is 0 Å². The standard InChI is InChI=1S/C12H17N3O4/c1-2-10(16)6-13-12(17)11-5-9(15(18)19)7-14(11)8-3-4-8/h5,7-8,10,16H,2-4,6H2,1H3,(H,13,17). The first-order valence-corrected chi connectivity index (χ1v) is 6.35. The van der Waals surface area contributed by atoms with Crippen LogP contribution >= 0.6 is 0 Å².